The standard InChI is InChI=1S/C25H37ClN2O3/c1-16(2)21(27-22(29)18-10-12-25(5,31)14-18)23(30)28-13-11-20(24(3,4)15-28)17-6-8-19(26)9-7-17/h6-9,16,18,20-21,31H,10-15H2,1-5H3,(H,27,29). The lowest BCUT2D eigenvalue weighted by molar-refractivity contribution is -0.141. The van der Waals surface area contributed by atoms with Crippen LogP contribution >= 0.6 is 11.6 Å². The zero-order chi connectivity index (χ0) is 23.0. The van der Waals surface area contributed by atoms with Crippen LogP contribution in [0.2, 0.25) is 5.02 Å². The number of benzene rings is 1. The third-order valence-electron chi connectivity index (χ3n) is 7.13. The van der Waals surface area contributed by atoms with E-state index >= 15 is 0 Å². The highest BCUT2D eigenvalue weighted by Crippen LogP contribution is 2.42. The van der Waals surface area contributed by atoms with Crippen molar-refractivity contribution in [3.63, 3.8) is 0 Å². The third kappa shape index (κ3) is 5.61. The average molecular weight is 449 g/mol. The van der Waals surface area contributed by atoms with Gasteiger partial charge in [0.15, 0.2) is 0 Å². The van der Waals surface area contributed by atoms with Crippen molar-refractivity contribution in [2.24, 2.45) is 17.3 Å². The van der Waals surface area contributed by atoms with Crippen LogP contribution in [-0.4, -0.2) is 46.6 Å². The van der Waals surface area contributed by atoms with Crippen LogP contribution in [-0.2, 0) is 9.59 Å². The van der Waals surface area contributed by atoms with Gasteiger partial charge in [-0.2, -0.15) is 0 Å². The van der Waals surface area contributed by atoms with Crippen LogP contribution in [0.25, 0.3) is 0 Å². The Labute approximate surface area is 191 Å². The Morgan fingerprint density at radius 3 is 2.32 bits per heavy atom. The van der Waals surface area contributed by atoms with Gasteiger partial charge in [0.25, 0.3) is 0 Å². The van der Waals surface area contributed by atoms with Crippen LogP contribution in [0.1, 0.15) is 71.8 Å². The van der Waals surface area contributed by atoms with E-state index in [4.69, 9.17) is 11.6 Å². The normalized spacial score (nSPS) is 29.1. The Morgan fingerprint density at radius 1 is 1.16 bits per heavy atom. The molecule has 1 heterocycles. The van der Waals surface area contributed by atoms with Crippen molar-refractivity contribution in [2.45, 2.75) is 77.9 Å². The summed E-state index contributed by atoms with van der Waals surface area (Å²) in [6, 6.07) is 7.48. The molecule has 2 amide bonds. The molecule has 2 aliphatic rings. The van der Waals surface area contributed by atoms with Crippen molar-refractivity contribution in [1.82, 2.24) is 10.2 Å². The zero-order valence-electron chi connectivity index (χ0n) is 19.5. The lowest BCUT2D eigenvalue weighted by Crippen LogP contribution is -2.56. The summed E-state index contributed by atoms with van der Waals surface area (Å²) < 4.78 is 0. The molecule has 172 valence electrons. The number of hydrogen-bond acceptors (Lipinski definition) is 3. The number of likely N-dealkylation sites (tertiary alicyclic amines) is 1. The number of nitrogens with zero attached hydrogens (tertiary/aromatic N) is 1. The highest BCUT2D eigenvalue weighted by Gasteiger charge is 2.42. The molecule has 0 aromatic heterocycles. The van der Waals surface area contributed by atoms with Crippen molar-refractivity contribution in [3.05, 3.63) is 34.9 Å². The number of amides is 2. The molecule has 4 atom stereocenters. The molecule has 3 rings (SSSR count). The first-order valence-electron chi connectivity index (χ1n) is 11.5. The fourth-order valence-electron chi connectivity index (χ4n) is 5.28. The average Bonchev–Trinajstić information content (AvgIpc) is 3.05. The highest BCUT2D eigenvalue weighted by atomic mass is 35.5. The summed E-state index contributed by atoms with van der Waals surface area (Å²) in [4.78, 5) is 28.2. The van der Waals surface area contributed by atoms with Gasteiger partial charge < -0.3 is 15.3 Å². The van der Waals surface area contributed by atoms with Crippen molar-refractivity contribution in [1.29, 1.82) is 0 Å². The molecule has 2 fully saturated rings. The smallest absolute Gasteiger partial charge is 0.245 e. The molecule has 1 aromatic rings. The molecule has 0 bridgehead atoms. The second kappa shape index (κ2) is 9.11. The molecule has 2 N–H and O–H groups in total. The number of piperidine rings is 1. The first kappa shape index (κ1) is 24.1. The van der Waals surface area contributed by atoms with Gasteiger partial charge >= 0.3 is 0 Å². The quantitative estimate of drug-likeness (QED) is 0.702. The molecule has 5 nitrogen and oxygen atoms in total. The fraction of sp³-hybridized carbons (Fsp3) is 0.680. The fourth-order valence-corrected chi connectivity index (χ4v) is 5.41. The molecule has 0 radical (unpaired) electrons. The molecular formula is C25H37ClN2O3. The van der Waals surface area contributed by atoms with Crippen LogP contribution in [0.3, 0.4) is 0 Å². The Hall–Kier alpha value is -1.59. The zero-order valence-corrected chi connectivity index (χ0v) is 20.2. The van der Waals surface area contributed by atoms with Crippen LogP contribution in [0.5, 0.6) is 0 Å². The number of aliphatic hydroxyl groups is 1. The van der Waals surface area contributed by atoms with Crippen LogP contribution < -0.4 is 5.32 Å². The predicted octanol–water partition coefficient (Wildman–Crippen LogP) is 4.37. The Morgan fingerprint density at radius 2 is 1.81 bits per heavy atom. The number of carbonyl (C=O) groups is 2. The van der Waals surface area contributed by atoms with Gasteiger partial charge in [-0.15, -0.1) is 0 Å². The number of carbonyl (C=O) groups excluding carboxylic acids is 2. The maximum atomic E-state index is 13.4. The first-order valence-corrected chi connectivity index (χ1v) is 11.8. The van der Waals surface area contributed by atoms with Crippen LogP contribution in [0.4, 0.5) is 0 Å². The van der Waals surface area contributed by atoms with E-state index in [1.165, 1.54) is 5.56 Å². The van der Waals surface area contributed by atoms with E-state index in [9.17, 15) is 14.7 Å². The summed E-state index contributed by atoms with van der Waals surface area (Å²) in [6.07, 6.45) is 2.62. The molecule has 1 saturated carbocycles. The SMILES string of the molecule is CC(C)C(NC(=O)C1CCC(C)(O)C1)C(=O)N1CCC(c2ccc(Cl)cc2)C(C)(C)C1. The van der Waals surface area contributed by atoms with Gasteiger partial charge in [-0.25, -0.2) is 0 Å². The minimum absolute atomic E-state index is 0.00395. The van der Waals surface area contributed by atoms with E-state index in [2.05, 4.69) is 31.3 Å². The maximum Gasteiger partial charge on any atom is 0.245 e. The van der Waals surface area contributed by atoms with E-state index in [0.29, 0.717) is 38.3 Å². The number of rotatable bonds is 5. The topological polar surface area (TPSA) is 69.6 Å². The van der Waals surface area contributed by atoms with Gasteiger partial charge in [-0.3, -0.25) is 9.59 Å². The number of hydrogen-bond donors (Lipinski definition) is 2. The summed E-state index contributed by atoms with van der Waals surface area (Å²) in [5.74, 6) is 0.00379. The lowest BCUT2D eigenvalue weighted by Gasteiger charge is -2.46. The van der Waals surface area contributed by atoms with E-state index < -0.39 is 11.6 Å². The Bertz CT molecular complexity index is 803. The molecular weight excluding hydrogens is 412 g/mol. The molecule has 1 aliphatic heterocycles. The minimum Gasteiger partial charge on any atom is -0.390 e. The van der Waals surface area contributed by atoms with Gasteiger partial charge in [0.1, 0.15) is 6.04 Å². The van der Waals surface area contributed by atoms with Gasteiger partial charge in [0, 0.05) is 24.0 Å². The van der Waals surface area contributed by atoms with E-state index in [1.54, 1.807) is 6.92 Å². The monoisotopic (exact) mass is 448 g/mol. The van der Waals surface area contributed by atoms with Crippen LogP contribution in [0, 0.1) is 17.3 Å². The van der Waals surface area contributed by atoms with Gasteiger partial charge in [-0.1, -0.05) is 51.4 Å². The first-order chi connectivity index (χ1) is 14.4. The van der Waals surface area contributed by atoms with Crippen molar-refractivity contribution < 1.29 is 14.7 Å². The second-order valence-electron chi connectivity index (χ2n) is 10.8. The summed E-state index contributed by atoms with van der Waals surface area (Å²) in [6.45, 7) is 11.4. The Kier molecular flexibility index (Phi) is 7.07. The van der Waals surface area contributed by atoms with Gasteiger partial charge in [0.2, 0.25) is 11.8 Å². The van der Waals surface area contributed by atoms with E-state index in [-0.39, 0.29) is 29.1 Å². The minimum atomic E-state index is -0.785. The molecule has 4 unspecified atom stereocenters. The van der Waals surface area contributed by atoms with Gasteiger partial charge in [0.05, 0.1) is 5.60 Å². The molecule has 1 aromatic carbocycles. The molecule has 1 saturated heterocycles. The van der Waals surface area contributed by atoms with E-state index in [0.717, 1.165) is 11.4 Å². The van der Waals surface area contributed by atoms with Crippen LogP contribution in [0.15, 0.2) is 24.3 Å². The molecule has 31 heavy (non-hydrogen) atoms. The lowest BCUT2D eigenvalue weighted by atomic mass is 9.70. The summed E-state index contributed by atoms with van der Waals surface area (Å²) >= 11 is 6.05. The maximum absolute atomic E-state index is 13.4. The highest BCUT2D eigenvalue weighted by molar-refractivity contribution is 6.30. The molecule has 6 heteroatoms. The third-order valence-corrected chi connectivity index (χ3v) is 7.38. The van der Waals surface area contributed by atoms with Crippen molar-refractivity contribution in [3.8, 4) is 0 Å². The number of nitrogens with one attached hydrogen (secondary N) is 1. The molecule has 1 aliphatic carbocycles. The predicted molar refractivity (Wildman–Crippen MR) is 124 cm³/mol. The van der Waals surface area contributed by atoms with Crippen molar-refractivity contribution in [2.75, 3.05) is 13.1 Å². The largest absolute Gasteiger partial charge is 0.390 e. The second-order valence-corrected chi connectivity index (χ2v) is 11.2. The molecule has 0 spiro atoms. The van der Waals surface area contributed by atoms with Gasteiger partial charge in [-0.05, 0) is 67.6 Å². The summed E-state index contributed by atoms with van der Waals surface area (Å²) in [5, 5.41) is 13.9. The number of halogens is 1. The summed E-state index contributed by atoms with van der Waals surface area (Å²) in [7, 11) is 0. The summed E-state index contributed by atoms with van der Waals surface area (Å²) in [5.41, 5.74) is 0.383. The Balaban J connectivity index is 1.67. The van der Waals surface area contributed by atoms with Crippen molar-refractivity contribution >= 4 is 23.4 Å². The van der Waals surface area contributed by atoms with E-state index in [1.807, 2.05) is 30.9 Å².